The Kier molecular flexibility index (Phi) is 5.94. The molecular formula is C11H18N4. The van der Waals surface area contributed by atoms with Crippen molar-refractivity contribution in [2.45, 2.75) is 27.7 Å². The lowest BCUT2D eigenvalue weighted by atomic mass is 10.3. The zero-order chi connectivity index (χ0) is 11.8. The molecular weight excluding hydrogens is 188 g/mol. The predicted octanol–water partition coefficient (Wildman–Crippen LogP) is 2.29. The zero-order valence-corrected chi connectivity index (χ0v) is 9.78. The first kappa shape index (κ1) is 13.3. The van der Waals surface area contributed by atoms with Crippen LogP contribution >= 0.6 is 0 Å². The standard InChI is InChI=1S/C11H18N4/c1-6-9(4)7-13-10(5)11(12)15-14-8(2)3/h6-7H,1H2,2-5H3,(H2,12,15)/b9-7-,13-10+. The Morgan fingerprint density at radius 3 is 2.20 bits per heavy atom. The van der Waals surface area contributed by atoms with Crippen LogP contribution in [0.2, 0.25) is 0 Å². The van der Waals surface area contributed by atoms with Crippen LogP contribution < -0.4 is 5.73 Å². The van der Waals surface area contributed by atoms with Crippen LogP contribution in [-0.4, -0.2) is 17.3 Å². The van der Waals surface area contributed by atoms with Gasteiger partial charge in [-0.05, 0) is 33.3 Å². The highest BCUT2D eigenvalue weighted by molar-refractivity contribution is 6.40. The summed E-state index contributed by atoms with van der Waals surface area (Å²) in [5.41, 5.74) is 8.11. The van der Waals surface area contributed by atoms with Crippen LogP contribution in [0.3, 0.4) is 0 Å². The van der Waals surface area contributed by atoms with Crippen molar-refractivity contribution < 1.29 is 0 Å². The summed E-state index contributed by atoms with van der Waals surface area (Å²) in [6.45, 7) is 11.0. The lowest BCUT2D eigenvalue weighted by Gasteiger charge is -1.95. The van der Waals surface area contributed by atoms with E-state index >= 15 is 0 Å². The summed E-state index contributed by atoms with van der Waals surface area (Å²) in [6.07, 6.45) is 3.41. The maximum Gasteiger partial charge on any atom is 0.167 e. The van der Waals surface area contributed by atoms with E-state index in [1.54, 1.807) is 19.2 Å². The van der Waals surface area contributed by atoms with Gasteiger partial charge in [0.15, 0.2) is 5.84 Å². The number of hydrogen-bond donors (Lipinski definition) is 1. The molecule has 0 aromatic carbocycles. The minimum Gasteiger partial charge on any atom is -0.381 e. The fourth-order valence-corrected chi connectivity index (χ4v) is 0.544. The molecule has 0 heterocycles. The highest BCUT2D eigenvalue weighted by Crippen LogP contribution is 1.93. The van der Waals surface area contributed by atoms with Gasteiger partial charge in [0.05, 0.1) is 5.71 Å². The quantitative estimate of drug-likeness (QED) is 0.326. The Balaban J connectivity index is 4.71. The minimum atomic E-state index is 0.323. The fraction of sp³-hybridized carbons (Fsp3) is 0.364. The van der Waals surface area contributed by atoms with E-state index in [0.29, 0.717) is 11.5 Å². The first-order valence-corrected chi connectivity index (χ1v) is 4.65. The molecule has 0 radical (unpaired) electrons. The predicted molar refractivity (Wildman–Crippen MR) is 67.5 cm³/mol. The third kappa shape index (κ3) is 6.37. The molecule has 0 aromatic heterocycles. The summed E-state index contributed by atoms with van der Waals surface area (Å²) in [5.74, 6) is 0.323. The number of nitrogens with two attached hydrogens (primary N) is 1. The van der Waals surface area contributed by atoms with Gasteiger partial charge in [-0.25, -0.2) is 0 Å². The molecule has 0 bridgehead atoms. The highest BCUT2D eigenvalue weighted by atomic mass is 15.2. The molecule has 0 aliphatic carbocycles. The SMILES string of the molecule is C=C\C(C)=C/N=C(C)/C(N)=N/N=C(C)C. The fourth-order valence-electron chi connectivity index (χ4n) is 0.544. The molecule has 2 N–H and O–H groups in total. The van der Waals surface area contributed by atoms with Crippen LogP contribution in [0.4, 0.5) is 0 Å². The molecule has 0 aromatic rings. The second-order valence-electron chi connectivity index (χ2n) is 3.32. The molecule has 0 atom stereocenters. The van der Waals surface area contributed by atoms with Gasteiger partial charge < -0.3 is 5.73 Å². The van der Waals surface area contributed by atoms with Gasteiger partial charge in [-0.3, -0.25) is 4.99 Å². The molecule has 15 heavy (non-hydrogen) atoms. The Hall–Kier alpha value is -1.71. The first-order chi connectivity index (χ1) is 6.97. The van der Waals surface area contributed by atoms with Crippen molar-refractivity contribution >= 4 is 17.3 Å². The van der Waals surface area contributed by atoms with Crippen LogP contribution in [0.25, 0.3) is 0 Å². The zero-order valence-electron chi connectivity index (χ0n) is 9.78. The molecule has 0 saturated carbocycles. The second-order valence-corrected chi connectivity index (χ2v) is 3.32. The molecule has 0 unspecified atom stereocenters. The molecule has 0 fully saturated rings. The Labute approximate surface area is 91.0 Å². The maximum atomic E-state index is 5.65. The van der Waals surface area contributed by atoms with E-state index in [4.69, 9.17) is 5.73 Å². The van der Waals surface area contributed by atoms with Gasteiger partial charge in [0.2, 0.25) is 0 Å². The van der Waals surface area contributed by atoms with Gasteiger partial charge in [-0.15, -0.1) is 5.10 Å². The van der Waals surface area contributed by atoms with Crippen LogP contribution in [0.5, 0.6) is 0 Å². The largest absolute Gasteiger partial charge is 0.381 e. The number of amidine groups is 1. The van der Waals surface area contributed by atoms with E-state index in [9.17, 15) is 0 Å². The van der Waals surface area contributed by atoms with Crippen LogP contribution in [0, 0.1) is 0 Å². The number of aliphatic imine (C=N–C) groups is 1. The summed E-state index contributed by atoms with van der Waals surface area (Å²) >= 11 is 0. The first-order valence-electron chi connectivity index (χ1n) is 4.65. The van der Waals surface area contributed by atoms with Crippen molar-refractivity contribution in [2.75, 3.05) is 0 Å². The topological polar surface area (TPSA) is 63.1 Å². The van der Waals surface area contributed by atoms with Crippen molar-refractivity contribution in [3.8, 4) is 0 Å². The van der Waals surface area contributed by atoms with E-state index in [1.165, 1.54) is 0 Å². The molecule has 4 heteroatoms. The number of allylic oxidation sites excluding steroid dienone is 2. The summed E-state index contributed by atoms with van der Waals surface area (Å²) in [7, 11) is 0. The lowest BCUT2D eigenvalue weighted by molar-refractivity contribution is 1.21. The van der Waals surface area contributed by atoms with Crippen molar-refractivity contribution in [1.29, 1.82) is 0 Å². The average Bonchev–Trinajstić information content (AvgIpc) is 2.21. The minimum absolute atomic E-state index is 0.323. The average molecular weight is 206 g/mol. The monoisotopic (exact) mass is 206 g/mol. The summed E-state index contributed by atoms with van der Waals surface area (Å²) in [4.78, 5) is 4.13. The smallest absolute Gasteiger partial charge is 0.167 e. The van der Waals surface area contributed by atoms with Crippen molar-refractivity contribution in [1.82, 2.24) is 0 Å². The van der Waals surface area contributed by atoms with E-state index in [1.807, 2.05) is 20.8 Å². The Bertz CT molecular complexity index is 342. The van der Waals surface area contributed by atoms with Gasteiger partial charge in [-0.1, -0.05) is 12.7 Å². The Morgan fingerprint density at radius 1 is 1.13 bits per heavy atom. The highest BCUT2D eigenvalue weighted by Gasteiger charge is 1.95. The van der Waals surface area contributed by atoms with Gasteiger partial charge in [-0.2, -0.15) is 5.10 Å². The van der Waals surface area contributed by atoms with Crippen LogP contribution in [0.15, 0.2) is 39.6 Å². The third-order valence-corrected chi connectivity index (χ3v) is 1.51. The van der Waals surface area contributed by atoms with Gasteiger partial charge in [0.1, 0.15) is 0 Å². The Morgan fingerprint density at radius 2 is 1.73 bits per heavy atom. The number of nitrogens with zero attached hydrogens (tertiary/aromatic N) is 3. The van der Waals surface area contributed by atoms with Crippen molar-refractivity contribution in [2.24, 2.45) is 20.9 Å². The van der Waals surface area contributed by atoms with E-state index < -0.39 is 0 Å². The summed E-state index contributed by atoms with van der Waals surface area (Å²) in [5, 5.41) is 7.67. The van der Waals surface area contributed by atoms with Crippen LogP contribution in [-0.2, 0) is 0 Å². The normalized spacial score (nSPS) is 13.7. The van der Waals surface area contributed by atoms with Crippen LogP contribution in [0.1, 0.15) is 27.7 Å². The molecule has 0 aliphatic heterocycles. The van der Waals surface area contributed by atoms with E-state index in [2.05, 4.69) is 21.8 Å². The van der Waals surface area contributed by atoms with E-state index in [0.717, 1.165) is 11.3 Å². The van der Waals surface area contributed by atoms with E-state index in [-0.39, 0.29) is 0 Å². The third-order valence-electron chi connectivity index (χ3n) is 1.51. The summed E-state index contributed by atoms with van der Waals surface area (Å²) in [6, 6.07) is 0. The number of hydrogen-bond acceptors (Lipinski definition) is 3. The molecule has 0 saturated heterocycles. The van der Waals surface area contributed by atoms with Gasteiger partial charge >= 0.3 is 0 Å². The summed E-state index contributed by atoms with van der Waals surface area (Å²) < 4.78 is 0. The lowest BCUT2D eigenvalue weighted by Crippen LogP contribution is -2.20. The molecule has 82 valence electrons. The molecule has 4 nitrogen and oxygen atoms in total. The van der Waals surface area contributed by atoms with Gasteiger partial charge in [0, 0.05) is 11.9 Å². The van der Waals surface area contributed by atoms with Crippen molar-refractivity contribution in [3.05, 3.63) is 24.4 Å². The molecule has 0 aliphatic rings. The maximum absolute atomic E-state index is 5.65. The van der Waals surface area contributed by atoms with Gasteiger partial charge in [0.25, 0.3) is 0 Å². The van der Waals surface area contributed by atoms with Crippen molar-refractivity contribution in [3.63, 3.8) is 0 Å². The molecule has 0 spiro atoms. The second kappa shape index (κ2) is 6.70. The molecule has 0 amide bonds. The number of rotatable bonds is 4. The molecule has 0 rings (SSSR count).